The third-order valence-electron chi connectivity index (χ3n) is 6.18. The maximum absolute atomic E-state index is 13.1. The van der Waals surface area contributed by atoms with Crippen molar-refractivity contribution >= 4 is 34.8 Å². The zero-order valence-corrected chi connectivity index (χ0v) is 20.5. The van der Waals surface area contributed by atoms with Crippen molar-refractivity contribution in [1.29, 1.82) is 0 Å². The Balaban J connectivity index is 2.06. The second kappa shape index (κ2) is 10.4. The highest BCUT2D eigenvalue weighted by Crippen LogP contribution is 2.42. The van der Waals surface area contributed by atoms with Gasteiger partial charge in [0, 0.05) is 22.7 Å². The van der Waals surface area contributed by atoms with Crippen LogP contribution in [-0.2, 0) is 14.3 Å². The van der Waals surface area contributed by atoms with Crippen LogP contribution in [0.5, 0.6) is 0 Å². The molecule has 9 heteroatoms. The molecule has 0 spiro atoms. The van der Waals surface area contributed by atoms with E-state index in [0.29, 0.717) is 29.8 Å². The summed E-state index contributed by atoms with van der Waals surface area (Å²) in [4.78, 5) is 45.8. The number of esters is 1. The molecule has 0 bridgehead atoms. The van der Waals surface area contributed by atoms with Crippen LogP contribution in [0.2, 0.25) is 0 Å². The average molecular weight is 474 g/mol. The molecule has 8 nitrogen and oxygen atoms in total. The number of aliphatic hydroxyl groups excluding tert-OH is 1. The number of aromatic nitrogens is 1. The first-order valence-electron chi connectivity index (χ1n) is 11.1. The highest BCUT2D eigenvalue weighted by atomic mass is 32.1. The van der Waals surface area contributed by atoms with Gasteiger partial charge in [0.25, 0.3) is 11.7 Å². The van der Waals surface area contributed by atoms with E-state index in [1.165, 1.54) is 18.4 Å². The van der Waals surface area contributed by atoms with E-state index in [1.807, 2.05) is 17.5 Å². The number of rotatable bonds is 9. The maximum atomic E-state index is 13.1. The summed E-state index contributed by atoms with van der Waals surface area (Å²) >= 11 is 1.43. The molecule has 0 aliphatic carbocycles. The first kappa shape index (κ1) is 24.7. The number of aromatic amines is 1. The number of H-pyrrole nitrogens is 1. The minimum Gasteiger partial charge on any atom is -0.507 e. The lowest BCUT2D eigenvalue weighted by Crippen LogP contribution is -2.33. The van der Waals surface area contributed by atoms with Crippen molar-refractivity contribution in [1.82, 2.24) is 14.8 Å². The number of Topliss-reactive ketones (excluding diaryl/α,β-unsaturated/α-hetero) is 1. The van der Waals surface area contributed by atoms with Crippen molar-refractivity contribution in [3.8, 4) is 0 Å². The number of thiophene rings is 1. The summed E-state index contributed by atoms with van der Waals surface area (Å²) < 4.78 is 4.81. The molecular formula is C24H31N3O5S. The van der Waals surface area contributed by atoms with Crippen LogP contribution >= 0.6 is 11.3 Å². The summed E-state index contributed by atoms with van der Waals surface area (Å²) in [6, 6.07) is 3.05. The molecule has 0 radical (unpaired) electrons. The van der Waals surface area contributed by atoms with Gasteiger partial charge < -0.3 is 24.6 Å². The molecule has 2 aromatic heterocycles. The third kappa shape index (κ3) is 4.60. The van der Waals surface area contributed by atoms with Crippen molar-refractivity contribution in [3.05, 3.63) is 50.5 Å². The van der Waals surface area contributed by atoms with E-state index in [0.717, 1.165) is 24.5 Å². The maximum Gasteiger partial charge on any atom is 0.354 e. The zero-order valence-electron chi connectivity index (χ0n) is 19.7. The Hall–Kier alpha value is -2.91. The van der Waals surface area contributed by atoms with Crippen molar-refractivity contribution in [2.24, 2.45) is 0 Å². The van der Waals surface area contributed by atoms with Crippen LogP contribution in [0.25, 0.3) is 5.76 Å². The van der Waals surface area contributed by atoms with Gasteiger partial charge in [-0.1, -0.05) is 19.9 Å². The number of methoxy groups -OCH3 is 1. The number of carbonyl (C=O) groups is 3. The number of hydrogen-bond acceptors (Lipinski definition) is 7. The number of ether oxygens (including phenoxy) is 1. The van der Waals surface area contributed by atoms with Crippen LogP contribution in [0.1, 0.15) is 58.5 Å². The fraction of sp³-hybridized carbons (Fsp3) is 0.458. The van der Waals surface area contributed by atoms with Gasteiger partial charge in [0.05, 0.1) is 18.7 Å². The zero-order chi connectivity index (χ0) is 24.3. The summed E-state index contributed by atoms with van der Waals surface area (Å²) in [7, 11) is 1.28. The number of ketones is 1. The molecule has 3 heterocycles. The van der Waals surface area contributed by atoms with Gasteiger partial charge in [0.1, 0.15) is 11.5 Å². The van der Waals surface area contributed by atoms with Gasteiger partial charge in [0.15, 0.2) is 0 Å². The Morgan fingerprint density at radius 1 is 1.27 bits per heavy atom. The minimum atomic E-state index is -0.714. The molecule has 33 heavy (non-hydrogen) atoms. The lowest BCUT2D eigenvalue weighted by Gasteiger charge is -2.25. The second-order valence-electron chi connectivity index (χ2n) is 8.00. The molecule has 1 amide bonds. The molecule has 1 aliphatic rings. The Kier molecular flexibility index (Phi) is 7.76. The number of nitrogens with one attached hydrogen (secondary N) is 1. The van der Waals surface area contributed by atoms with E-state index in [4.69, 9.17) is 4.74 Å². The van der Waals surface area contributed by atoms with Gasteiger partial charge >= 0.3 is 5.97 Å². The third-order valence-corrected chi connectivity index (χ3v) is 7.11. The molecule has 2 N–H and O–H groups in total. The first-order chi connectivity index (χ1) is 15.8. The Morgan fingerprint density at radius 3 is 2.55 bits per heavy atom. The van der Waals surface area contributed by atoms with E-state index < -0.39 is 23.7 Å². The van der Waals surface area contributed by atoms with E-state index in [2.05, 4.69) is 23.7 Å². The van der Waals surface area contributed by atoms with Crippen molar-refractivity contribution < 1.29 is 24.2 Å². The van der Waals surface area contributed by atoms with Crippen LogP contribution in [-0.4, -0.2) is 70.8 Å². The smallest absolute Gasteiger partial charge is 0.354 e. The van der Waals surface area contributed by atoms with Crippen LogP contribution in [0.3, 0.4) is 0 Å². The van der Waals surface area contributed by atoms with Crippen molar-refractivity contribution in [2.45, 2.75) is 40.2 Å². The van der Waals surface area contributed by atoms with Gasteiger partial charge in [-0.15, -0.1) is 11.3 Å². The van der Waals surface area contributed by atoms with Crippen molar-refractivity contribution in [2.75, 3.05) is 33.3 Å². The summed E-state index contributed by atoms with van der Waals surface area (Å²) in [6.07, 6.45) is 0.714. The van der Waals surface area contributed by atoms with Crippen LogP contribution in [0, 0.1) is 13.8 Å². The molecule has 1 aliphatic heterocycles. The number of aryl methyl sites for hydroxylation is 1. The van der Waals surface area contributed by atoms with E-state index in [9.17, 15) is 19.5 Å². The highest BCUT2D eigenvalue weighted by molar-refractivity contribution is 7.10. The Bertz CT molecular complexity index is 1070. The van der Waals surface area contributed by atoms with Crippen LogP contribution in [0.4, 0.5) is 0 Å². The van der Waals surface area contributed by atoms with Crippen LogP contribution < -0.4 is 0 Å². The minimum absolute atomic E-state index is 0.0481. The van der Waals surface area contributed by atoms with E-state index in [-0.39, 0.29) is 17.0 Å². The Labute approximate surface area is 197 Å². The number of nitrogens with zero attached hydrogens (tertiary/aromatic N) is 2. The lowest BCUT2D eigenvalue weighted by molar-refractivity contribution is -0.139. The highest BCUT2D eigenvalue weighted by Gasteiger charge is 2.46. The van der Waals surface area contributed by atoms with Gasteiger partial charge in [-0.25, -0.2) is 4.79 Å². The number of aliphatic hydroxyl groups is 1. The first-order valence-corrected chi connectivity index (χ1v) is 12.0. The molecule has 0 unspecified atom stereocenters. The average Bonchev–Trinajstić information content (AvgIpc) is 3.49. The Morgan fingerprint density at radius 2 is 1.97 bits per heavy atom. The summed E-state index contributed by atoms with van der Waals surface area (Å²) in [6.45, 7) is 10.6. The number of carbonyl (C=O) groups excluding carboxylic acids is 3. The lowest BCUT2D eigenvalue weighted by atomic mass is 9.97. The number of hydrogen-bond donors (Lipinski definition) is 2. The molecule has 178 valence electrons. The van der Waals surface area contributed by atoms with Crippen molar-refractivity contribution in [3.63, 3.8) is 0 Å². The van der Waals surface area contributed by atoms with Gasteiger partial charge in [-0.2, -0.15) is 0 Å². The molecule has 0 saturated carbocycles. The fourth-order valence-electron chi connectivity index (χ4n) is 4.40. The number of amides is 1. The number of likely N-dealkylation sites (tertiary alicyclic amines) is 1. The predicted molar refractivity (Wildman–Crippen MR) is 127 cm³/mol. The monoisotopic (exact) mass is 473 g/mol. The fourth-order valence-corrected chi connectivity index (χ4v) is 5.25. The summed E-state index contributed by atoms with van der Waals surface area (Å²) in [5, 5.41) is 13.2. The van der Waals surface area contributed by atoms with Gasteiger partial charge in [0.2, 0.25) is 0 Å². The van der Waals surface area contributed by atoms with Gasteiger partial charge in [-0.3, -0.25) is 9.59 Å². The normalized spacial score (nSPS) is 17.9. The molecule has 0 aromatic carbocycles. The second-order valence-corrected chi connectivity index (χ2v) is 8.98. The van der Waals surface area contributed by atoms with Gasteiger partial charge in [-0.05, 0) is 56.9 Å². The quantitative estimate of drug-likeness (QED) is 0.250. The summed E-state index contributed by atoms with van der Waals surface area (Å²) in [5.41, 5.74) is 1.58. The topological polar surface area (TPSA) is 103 Å². The van der Waals surface area contributed by atoms with E-state index >= 15 is 0 Å². The van der Waals surface area contributed by atoms with Crippen LogP contribution in [0.15, 0.2) is 23.1 Å². The molecule has 1 atom stereocenters. The largest absolute Gasteiger partial charge is 0.507 e. The standard InChI is InChI=1S/C24H31N3O5S/c1-6-26(7-2)11-9-12-27-20(16-10-8-13-33-16)18(22(29)23(27)30)21(28)17-14(3)19(24(31)32-5)25-15(17)4/h8,10,13,20,25,28H,6-7,9,11-12H2,1-5H3/t20-/m0/s1. The van der Waals surface area contributed by atoms with E-state index in [1.54, 1.807) is 18.7 Å². The molecule has 1 fully saturated rings. The molecule has 3 rings (SSSR count). The molecule has 2 aromatic rings. The molecular weight excluding hydrogens is 442 g/mol. The predicted octanol–water partition coefficient (Wildman–Crippen LogP) is 3.63. The summed E-state index contributed by atoms with van der Waals surface area (Å²) in [5.74, 6) is -2.18. The molecule has 1 saturated heterocycles. The SMILES string of the molecule is CCN(CC)CCCN1C(=O)C(=O)C(=C(O)c2c(C)[nH]c(C(=O)OC)c2C)[C@@H]1c1cccs1.